The summed E-state index contributed by atoms with van der Waals surface area (Å²) in [5, 5.41) is 21.0. The van der Waals surface area contributed by atoms with Crippen molar-refractivity contribution in [1.29, 1.82) is 0 Å². The molecular formula is C18H19BrClNO2. The van der Waals surface area contributed by atoms with Gasteiger partial charge in [-0.2, -0.15) is 0 Å². The number of halogens is 2. The van der Waals surface area contributed by atoms with Gasteiger partial charge in [0.05, 0.1) is 18.8 Å². The Balaban J connectivity index is 1.80. The molecule has 23 heavy (non-hydrogen) atoms. The molecule has 0 spiro atoms. The maximum atomic E-state index is 10.6. The fourth-order valence-electron chi connectivity index (χ4n) is 3.27. The SMILES string of the molecule is OC[C@@H]1[C@H](O)[C@@H](c2ccc(Cl)cc2)CN1Cc1cccc(Br)c1. The molecule has 3 rings (SSSR count). The molecule has 3 atom stereocenters. The summed E-state index contributed by atoms with van der Waals surface area (Å²) in [6, 6.07) is 15.4. The normalized spacial score (nSPS) is 25.0. The minimum absolute atomic E-state index is 0.0171. The number of likely N-dealkylation sites (tertiary alicyclic amines) is 1. The third-order valence-corrected chi connectivity index (χ3v) is 5.21. The van der Waals surface area contributed by atoms with E-state index < -0.39 is 6.10 Å². The molecule has 2 aromatic carbocycles. The van der Waals surface area contributed by atoms with Crippen molar-refractivity contribution in [2.45, 2.75) is 24.6 Å². The Labute approximate surface area is 149 Å². The highest BCUT2D eigenvalue weighted by Gasteiger charge is 2.40. The van der Waals surface area contributed by atoms with Crippen molar-refractivity contribution in [2.24, 2.45) is 0 Å². The summed E-state index contributed by atoms with van der Waals surface area (Å²) in [5.74, 6) is -0.0171. The van der Waals surface area contributed by atoms with E-state index in [1.54, 1.807) is 0 Å². The van der Waals surface area contributed by atoms with Crippen LogP contribution in [0, 0.1) is 0 Å². The van der Waals surface area contributed by atoms with Crippen LogP contribution in [-0.4, -0.2) is 40.4 Å². The zero-order chi connectivity index (χ0) is 16.4. The molecule has 0 unspecified atom stereocenters. The molecule has 2 N–H and O–H groups in total. The summed E-state index contributed by atoms with van der Waals surface area (Å²) in [6.07, 6.45) is -0.590. The van der Waals surface area contributed by atoms with Crippen LogP contribution in [0.4, 0.5) is 0 Å². The highest BCUT2D eigenvalue weighted by Crippen LogP contribution is 2.33. The van der Waals surface area contributed by atoms with Crippen LogP contribution in [0.25, 0.3) is 0 Å². The Morgan fingerprint density at radius 2 is 1.91 bits per heavy atom. The average Bonchev–Trinajstić information content (AvgIpc) is 2.84. The summed E-state index contributed by atoms with van der Waals surface area (Å²) in [6.45, 7) is 1.35. The van der Waals surface area contributed by atoms with Gasteiger partial charge in [-0.05, 0) is 35.4 Å². The van der Waals surface area contributed by atoms with E-state index in [-0.39, 0.29) is 18.6 Å². The average molecular weight is 397 g/mol. The largest absolute Gasteiger partial charge is 0.395 e. The van der Waals surface area contributed by atoms with Crippen LogP contribution in [-0.2, 0) is 6.54 Å². The van der Waals surface area contributed by atoms with E-state index in [2.05, 4.69) is 33.0 Å². The number of benzene rings is 2. The van der Waals surface area contributed by atoms with Gasteiger partial charge < -0.3 is 10.2 Å². The summed E-state index contributed by atoms with van der Waals surface area (Å²) in [7, 11) is 0. The molecule has 0 saturated carbocycles. The Hall–Kier alpha value is -0.910. The molecule has 0 bridgehead atoms. The second kappa shape index (κ2) is 7.32. The molecule has 1 aliphatic heterocycles. The Kier molecular flexibility index (Phi) is 5.39. The lowest BCUT2D eigenvalue weighted by Gasteiger charge is -2.24. The van der Waals surface area contributed by atoms with Gasteiger partial charge >= 0.3 is 0 Å². The predicted molar refractivity (Wildman–Crippen MR) is 95.6 cm³/mol. The van der Waals surface area contributed by atoms with Gasteiger partial charge in [0.2, 0.25) is 0 Å². The van der Waals surface area contributed by atoms with Crippen molar-refractivity contribution in [3.8, 4) is 0 Å². The zero-order valence-electron chi connectivity index (χ0n) is 12.6. The molecule has 0 aliphatic carbocycles. The van der Waals surface area contributed by atoms with Crippen LogP contribution < -0.4 is 0 Å². The van der Waals surface area contributed by atoms with Crippen molar-refractivity contribution in [3.05, 3.63) is 69.2 Å². The first-order valence-electron chi connectivity index (χ1n) is 7.61. The van der Waals surface area contributed by atoms with Crippen LogP contribution in [0.3, 0.4) is 0 Å². The fraction of sp³-hybridized carbons (Fsp3) is 0.333. The van der Waals surface area contributed by atoms with Crippen molar-refractivity contribution >= 4 is 27.5 Å². The van der Waals surface area contributed by atoms with E-state index in [1.165, 1.54) is 0 Å². The van der Waals surface area contributed by atoms with Gasteiger partial charge in [0.15, 0.2) is 0 Å². The van der Waals surface area contributed by atoms with Crippen LogP contribution in [0.5, 0.6) is 0 Å². The monoisotopic (exact) mass is 395 g/mol. The molecule has 122 valence electrons. The number of rotatable bonds is 4. The number of hydrogen-bond acceptors (Lipinski definition) is 3. The molecule has 0 aromatic heterocycles. The van der Waals surface area contributed by atoms with Gasteiger partial charge in [-0.25, -0.2) is 0 Å². The van der Waals surface area contributed by atoms with E-state index in [4.69, 9.17) is 11.6 Å². The smallest absolute Gasteiger partial charge is 0.0798 e. The molecule has 1 saturated heterocycles. The predicted octanol–water partition coefficient (Wildman–Crippen LogP) is 3.42. The Bertz CT molecular complexity index is 664. The lowest BCUT2D eigenvalue weighted by Crippen LogP contribution is -2.38. The summed E-state index contributed by atoms with van der Waals surface area (Å²) >= 11 is 9.43. The van der Waals surface area contributed by atoms with Gasteiger partial charge in [0.25, 0.3) is 0 Å². The standard InChI is InChI=1S/C18H19BrClNO2/c19-14-3-1-2-12(8-14)9-21-10-16(18(23)17(21)11-22)13-4-6-15(20)7-5-13/h1-8,16-18,22-23H,9-11H2/t16-,17-,18-/m1/s1. The van der Waals surface area contributed by atoms with Crippen molar-refractivity contribution in [1.82, 2.24) is 4.90 Å². The van der Waals surface area contributed by atoms with E-state index in [0.717, 1.165) is 15.6 Å². The van der Waals surface area contributed by atoms with Gasteiger partial charge in [0.1, 0.15) is 0 Å². The Morgan fingerprint density at radius 1 is 1.17 bits per heavy atom. The lowest BCUT2D eigenvalue weighted by molar-refractivity contribution is 0.0641. The van der Waals surface area contributed by atoms with E-state index in [1.807, 2.05) is 36.4 Å². The maximum Gasteiger partial charge on any atom is 0.0798 e. The summed E-state index contributed by atoms with van der Waals surface area (Å²) < 4.78 is 1.03. The summed E-state index contributed by atoms with van der Waals surface area (Å²) in [4.78, 5) is 2.14. The quantitative estimate of drug-likeness (QED) is 0.832. The molecule has 1 fully saturated rings. The third-order valence-electron chi connectivity index (χ3n) is 4.47. The number of aliphatic hydroxyl groups is 2. The maximum absolute atomic E-state index is 10.6. The molecule has 0 radical (unpaired) electrons. The molecule has 5 heteroatoms. The van der Waals surface area contributed by atoms with E-state index in [0.29, 0.717) is 18.1 Å². The van der Waals surface area contributed by atoms with Crippen molar-refractivity contribution in [3.63, 3.8) is 0 Å². The van der Waals surface area contributed by atoms with Gasteiger partial charge in [0, 0.05) is 28.5 Å². The molecule has 0 amide bonds. The second-order valence-electron chi connectivity index (χ2n) is 5.96. The third kappa shape index (κ3) is 3.78. The van der Waals surface area contributed by atoms with E-state index >= 15 is 0 Å². The number of aliphatic hydroxyl groups excluding tert-OH is 2. The second-order valence-corrected chi connectivity index (χ2v) is 7.31. The highest BCUT2D eigenvalue weighted by molar-refractivity contribution is 9.10. The zero-order valence-corrected chi connectivity index (χ0v) is 14.9. The van der Waals surface area contributed by atoms with Crippen LogP contribution in [0.1, 0.15) is 17.0 Å². The first kappa shape index (κ1) is 16.9. The first-order valence-corrected chi connectivity index (χ1v) is 8.78. The number of nitrogens with zero attached hydrogens (tertiary/aromatic N) is 1. The minimum Gasteiger partial charge on any atom is -0.395 e. The summed E-state index contributed by atoms with van der Waals surface area (Å²) in [5.41, 5.74) is 2.21. The van der Waals surface area contributed by atoms with E-state index in [9.17, 15) is 10.2 Å². The number of hydrogen-bond donors (Lipinski definition) is 2. The topological polar surface area (TPSA) is 43.7 Å². The highest BCUT2D eigenvalue weighted by atomic mass is 79.9. The molecule has 1 aliphatic rings. The minimum atomic E-state index is -0.590. The van der Waals surface area contributed by atoms with Gasteiger partial charge in [-0.3, -0.25) is 4.90 Å². The lowest BCUT2D eigenvalue weighted by atomic mass is 9.94. The molecule has 3 nitrogen and oxygen atoms in total. The fourth-order valence-corrected chi connectivity index (χ4v) is 3.84. The van der Waals surface area contributed by atoms with Crippen molar-refractivity contribution < 1.29 is 10.2 Å². The van der Waals surface area contributed by atoms with Gasteiger partial charge in [-0.15, -0.1) is 0 Å². The molecule has 2 aromatic rings. The Morgan fingerprint density at radius 3 is 2.57 bits per heavy atom. The van der Waals surface area contributed by atoms with Crippen molar-refractivity contribution in [2.75, 3.05) is 13.2 Å². The first-order chi connectivity index (χ1) is 11.1. The van der Waals surface area contributed by atoms with Crippen LogP contribution >= 0.6 is 27.5 Å². The van der Waals surface area contributed by atoms with Gasteiger partial charge in [-0.1, -0.05) is 51.8 Å². The molecule has 1 heterocycles. The molecular weight excluding hydrogens is 378 g/mol. The van der Waals surface area contributed by atoms with Crippen LogP contribution in [0.15, 0.2) is 53.0 Å². The van der Waals surface area contributed by atoms with Crippen LogP contribution in [0.2, 0.25) is 5.02 Å².